The third kappa shape index (κ3) is 3.82. The molecule has 1 aromatic carbocycles. The van der Waals surface area contributed by atoms with Gasteiger partial charge in [-0.05, 0) is 13.1 Å². The first-order chi connectivity index (χ1) is 10.7. The molecule has 0 saturated heterocycles. The molecule has 1 unspecified atom stereocenters. The van der Waals surface area contributed by atoms with Gasteiger partial charge in [0, 0.05) is 25.5 Å². The van der Waals surface area contributed by atoms with Crippen LogP contribution in [0.4, 0.5) is 0 Å². The van der Waals surface area contributed by atoms with Crippen molar-refractivity contribution in [2.45, 2.75) is 19.4 Å². The number of methoxy groups -OCH3 is 1. The maximum absolute atomic E-state index is 12.1. The molecule has 7 heteroatoms. The van der Waals surface area contributed by atoms with Gasteiger partial charge in [0.25, 0.3) is 0 Å². The van der Waals surface area contributed by atoms with Gasteiger partial charge in [-0.3, -0.25) is 4.79 Å². The summed E-state index contributed by atoms with van der Waals surface area (Å²) in [5.41, 5.74) is 0.781. The van der Waals surface area contributed by atoms with Crippen molar-refractivity contribution in [2.24, 2.45) is 0 Å². The van der Waals surface area contributed by atoms with Gasteiger partial charge in [0.1, 0.15) is 11.8 Å². The molecule has 22 heavy (non-hydrogen) atoms. The molecule has 0 spiro atoms. The lowest BCUT2D eigenvalue weighted by Crippen LogP contribution is -2.32. The van der Waals surface area contributed by atoms with Crippen molar-refractivity contribution in [2.75, 3.05) is 20.7 Å². The normalized spacial score (nSPS) is 12.0. The van der Waals surface area contributed by atoms with Crippen LogP contribution in [-0.2, 0) is 4.79 Å². The number of nitrogens with one attached hydrogen (secondary N) is 2. The first-order valence-electron chi connectivity index (χ1n) is 7.02. The third-order valence-electron chi connectivity index (χ3n) is 3.16. The number of ether oxygens (including phenoxy) is 1. The Bertz CT molecular complexity index is 627. The van der Waals surface area contributed by atoms with Gasteiger partial charge in [-0.2, -0.15) is 4.98 Å². The Kier molecular flexibility index (Phi) is 5.48. The van der Waals surface area contributed by atoms with Crippen LogP contribution in [0.5, 0.6) is 5.75 Å². The van der Waals surface area contributed by atoms with Gasteiger partial charge in [-0.1, -0.05) is 23.4 Å². The van der Waals surface area contributed by atoms with Gasteiger partial charge < -0.3 is 19.9 Å². The van der Waals surface area contributed by atoms with Crippen LogP contribution < -0.4 is 15.4 Å². The number of aryl methyl sites for hydroxylation is 1. The molecule has 0 bridgehead atoms. The molecule has 1 heterocycles. The van der Waals surface area contributed by atoms with Gasteiger partial charge in [0.2, 0.25) is 11.8 Å². The zero-order valence-corrected chi connectivity index (χ0v) is 12.9. The molecule has 1 aromatic heterocycles. The van der Waals surface area contributed by atoms with E-state index in [2.05, 4.69) is 20.8 Å². The minimum absolute atomic E-state index is 0.104. The van der Waals surface area contributed by atoms with E-state index in [1.54, 1.807) is 21.1 Å². The quantitative estimate of drug-likeness (QED) is 0.799. The molecule has 1 amide bonds. The summed E-state index contributed by atoms with van der Waals surface area (Å²) in [5.74, 6) is 1.40. The maximum Gasteiger partial charge on any atom is 0.223 e. The van der Waals surface area contributed by atoms with E-state index in [0.717, 1.165) is 5.56 Å². The topological polar surface area (TPSA) is 89.3 Å². The third-order valence-corrected chi connectivity index (χ3v) is 3.16. The summed E-state index contributed by atoms with van der Waals surface area (Å²) in [6, 6.07) is 6.92. The van der Waals surface area contributed by atoms with E-state index in [1.165, 1.54) is 0 Å². The zero-order valence-electron chi connectivity index (χ0n) is 12.9. The van der Waals surface area contributed by atoms with Gasteiger partial charge in [0.15, 0.2) is 5.82 Å². The van der Waals surface area contributed by atoms with Crippen molar-refractivity contribution < 1.29 is 14.1 Å². The van der Waals surface area contributed by atoms with Crippen molar-refractivity contribution in [1.82, 2.24) is 20.8 Å². The summed E-state index contributed by atoms with van der Waals surface area (Å²) < 4.78 is 10.4. The van der Waals surface area contributed by atoms with Crippen molar-refractivity contribution in [1.29, 1.82) is 0 Å². The Labute approximate surface area is 129 Å². The lowest BCUT2D eigenvalue weighted by atomic mass is 10.0. The fraction of sp³-hybridized carbons (Fsp3) is 0.400. The average Bonchev–Trinajstić information content (AvgIpc) is 2.96. The van der Waals surface area contributed by atoms with Crippen LogP contribution in [-0.4, -0.2) is 36.8 Å². The van der Waals surface area contributed by atoms with E-state index in [9.17, 15) is 4.79 Å². The highest BCUT2D eigenvalue weighted by Gasteiger charge is 2.24. The second-order valence-electron chi connectivity index (χ2n) is 4.77. The molecule has 0 aliphatic rings. The number of carbonyl (C=O) groups excluding carboxylic acids is 1. The fourth-order valence-corrected chi connectivity index (χ4v) is 2.09. The van der Waals surface area contributed by atoms with Crippen molar-refractivity contribution in [3.8, 4) is 5.75 Å². The van der Waals surface area contributed by atoms with E-state index in [-0.39, 0.29) is 5.91 Å². The predicted octanol–water partition coefficient (Wildman–Crippen LogP) is 1.20. The van der Waals surface area contributed by atoms with Crippen LogP contribution in [0.25, 0.3) is 0 Å². The number of nitrogens with zero attached hydrogens (tertiary/aromatic N) is 2. The molecule has 0 saturated carbocycles. The van der Waals surface area contributed by atoms with Gasteiger partial charge >= 0.3 is 0 Å². The standard InChI is InChI=1S/C15H20N4O3/c1-10-17-15(19-22-10)14(18-13(20)8-9-16-2)11-6-4-5-7-12(11)21-3/h4-7,14,16H,8-9H2,1-3H3,(H,18,20). The van der Waals surface area contributed by atoms with Gasteiger partial charge in [-0.15, -0.1) is 0 Å². The average molecular weight is 304 g/mol. The molecule has 7 nitrogen and oxygen atoms in total. The Morgan fingerprint density at radius 1 is 1.41 bits per heavy atom. The first kappa shape index (κ1) is 16.0. The molecule has 2 N–H and O–H groups in total. The van der Waals surface area contributed by atoms with Crippen molar-refractivity contribution in [3.05, 3.63) is 41.5 Å². The summed E-state index contributed by atoms with van der Waals surface area (Å²) in [4.78, 5) is 16.3. The summed E-state index contributed by atoms with van der Waals surface area (Å²) in [6.45, 7) is 2.30. The summed E-state index contributed by atoms with van der Waals surface area (Å²) >= 11 is 0. The Morgan fingerprint density at radius 2 is 2.18 bits per heavy atom. The van der Waals surface area contributed by atoms with Crippen molar-refractivity contribution in [3.63, 3.8) is 0 Å². The molecule has 1 atom stereocenters. The minimum atomic E-state index is -0.516. The van der Waals surface area contributed by atoms with E-state index >= 15 is 0 Å². The monoisotopic (exact) mass is 304 g/mol. The molecule has 0 radical (unpaired) electrons. The molecule has 0 aliphatic heterocycles. The van der Waals surface area contributed by atoms with Crippen LogP contribution in [0.1, 0.15) is 29.7 Å². The molecular formula is C15H20N4O3. The Hall–Kier alpha value is -2.41. The minimum Gasteiger partial charge on any atom is -0.496 e. The summed E-state index contributed by atoms with van der Waals surface area (Å²) in [6.07, 6.45) is 0.360. The molecule has 118 valence electrons. The van der Waals surface area contributed by atoms with Crippen LogP contribution in [0.2, 0.25) is 0 Å². The van der Waals surface area contributed by atoms with Gasteiger partial charge in [0.05, 0.1) is 7.11 Å². The van der Waals surface area contributed by atoms with Crippen LogP contribution in [0.15, 0.2) is 28.8 Å². The Balaban J connectivity index is 2.31. The largest absolute Gasteiger partial charge is 0.496 e. The number of hydrogen-bond donors (Lipinski definition) is 2. The number of hydrogen-bond acceptors (Lipinski definition) is 6. The highest BCUT2D eigenvalue weighted by atomic mass is 16.5. The Morgan fingerprint density at radius 3 is 2.82 bits per heavy atom. The molecular weight excluding hydrogens is 284 g/mol. The SMILES string of the molecule is CNCCC(=O)NC(c1noc(C)n1)c1ccccc1OC. The molecule has 0 fully saturated rings. The lowest BCUT2D eigenvalue weighted by molar-refractivity contribution is -0.121. The number of benzene rings is 1. The first-order valence-corrected chi connectivity index (χ1v) is 7.02. The second-order valence-corrected chi connectivity index (χ2v) is 4.77. The van der Waals surface area contributed by atoms with Crippen LogP contribution >= 0.6 is 0 Å². The summed E-state index contributed by atoms with van der Waals surface area (Å²) in [7, 11) is 3.38. The number of carbonyl (C=O) groups is 1. The number of para-hydroxylation sites is 1. The van der Waals surface area contributed by atoms with Crippen molar-refractivity contribution >= 4 is 5.91 Å². The second kappa shape index (κ2) is 7.56. The van der Waals surface area contributed by atoms with E-state index in [0.29, 0.717) is 30.4 Å². The van der Waals surface area contributed by atoms with E-state index in [1.807, 2.05) is 24.3 Å². The van der Waals surface area contributed by atoms with E-state index in [4.69, 9.17) is 9.26 Å². The highest BCUT2D eigenvalue weighted by Crippen LogP contribution is 2.28. The molecule has 0 aliphatic carbocycles. The maximum atomic E-state index is 12.1. The number of aromatic nitrogens is 2. The number of amides is 1. The fourth-order valence-electron chi connectivity index (χ4n) is 2.09. The van der Waals surface area contributed by atoms with E-state index < -0.39 is 6.04 Å². The number of rotatable bonds is 7. The van der Waals surface area contributed by atoms with Gasteiger partial charge in [-0.25, -0.2) is 0 Å². The smallest absolute Gasteiger partial charge is 0.223 e. The highest BCUT2D eigenvalue weighted by molar-refractivity contribution is 5.77. The van der Waals surface area contributed by atoms with Crippen LogP contribution in [0, 0.1) is 6.92 Å². The van der Waals surface area contributed by atoms with Crippen LogP contribution in [0.3, 0.4) is 0 Å². The molecule has 2 rings (SSSR count). The summed E-state index contributed by atoms with van der Waals surface area (Å²) in [5, 5.41) is 9.80. The zero-order chi connectivity index (χ0) is 15.9. The molecule has 2 aromatic rings. The predicted molar refractivity (Wildman–Crippen MR) is 80.6 cm³/mol. The lowest BCUT2D eigenvalue weighted by Gasteiger charge is -2.18.